The van der Waals surface area contributed by atoms with Gasteiger partial charge in [-0.1, -0.05) is 0 Å². The Bertz CT molecular complexity index is 650. The van der Waals surface area contributed by atoms with Crippen LogP contribution in [-0.4, -0.2) is 0 Å². The van der Waals surface area contributed by atoms with Crippen LogP contribution in [0.5, 0.6) is 0 Å². The van der Waals surface area contributed by atoms with Crippen LogP contribution in [-0.2, 0) is 6.54 Å². The number of nitrogens with zero attached hydrogens (tertiary/aromatic N) is 1. The summed E-state index contributed by atoms with van der Waals surface area (Å²) < 4.78 is 26.8. The molecule has 2 rings (SSSR count). The van der Waals surface area contributed by atoms with Gasteiger partial charge >= 0.3 is 0 Å². The zero-order valence-corrected chi connectivity index (χ0v) is 11.9. The topological polar surface area (TPSA) is 35.8 Å². The average Bonchev–Trinajstić information content (AvgIpc) is 2.38. The minimum Gasteiger partial charge on any atom is -0.380 e. The summed E-state index contributed by atoms with van der Waals surface area (Å²) in [5.41, 5.74) is 1.74. The van der Waals surface area contributed by atoms with Gasteiger partial charge in [0.25, 0.3) is 0 Å². The van der Waals surface area contributed by atoms with E-state index < -0.39 is 0 Å². The van der Waals surface area contributed by atoms with E-state index in [2.05, 4.69) is 5.32 Å². The van der Waals surface area contributed by atoms with Crippen molar-refractivity contribution in [3.63, 3.8) is 0 Å². The molecule has 0 unspecified atom stereocenters. The monoisotopic (exact) mass is 370 g/mol. The third kappa shape index (κ3) is 3.41. The number of halogens is 3. The highest BCUT2D eigenvalue weighted by Gasteiger charge is 2.05. The fourth-order valence-electron chi connectivity index (χ4n) is 1.64. The summed E-state index contributed by atoms with van der Waals surface area (Å²) in [6.45, 7) is 0.308. The van der Waals surface area contributed by atoms with Crippen molar-refractivity contribution < 1.29 is 8.78 Å². The van der Waals surface area contributed by atoms with Crippen LogP contribution in [0.3, 0.4) is 0 Å². The number of benzene rings is 2. The highest BCUT2D eigenvalue weighted by Crippen LogP contribution is 2.20. The summed E-state index contributed by atoms with van der Waals surface area (Å²) in [4.78, 5) is 0. The Morgan fingerprint density at radius 2 is 1.79 bits per heavy atom. The molecule has 0 aliphatic rings. The van der Waals surface area contributed by atoms with Gasteiger partial charge in [0.1, 0.15) is 11.6 Å². The first-order valence-corrected chi connectivity index (χ1v) is 6.55. The molecule has 0 radical (unpaired) electrons. The van der Waals surface area contributed by atoms with E-state index in [9.17, 15) is 8.78 Å². The maximum Gasteiger partial charge on any atom is 0.124 e. The summed E-state index contributed by atoms with van der Waals surface area (Å²) in [7, 11) is 0. The molecule has 2 aromatic carbocycles. The molecule has 19 heavy (non-hydrogen) atoms. The van der Waals surface area contributed by atoms with Gasteiger partial charge in [0.15, 0.2) is 0 Å². The molecule has 0 aliphatic carbocycles. The lowest BCUT2D eigenvalue weighted by atomic mass is 10.1. The molecule has 2 nitrogen and oxygen atoms in total. The van der Waals surface area contributed by atoms with Gasteiger partial charge in [0.05, 0.1) is 11.6 Å². The normalized spacial score (nSPS) is 10.0. The Morgan fingerprint density at radius 3 is 2.47 bits per heavy atom. The lowest BCUT2D eigenvalue weighted by Crippen LogP contribution is -2.03. The molecular weight excluding hydrogens is 361 g/mol. The van der Waals surface area contributed by atoms with Crippen LogP contribution in [0.4, 0.5) is 14.5 Å². The fourth-order valence-corrected chi connectivity index (χ4v) is 2.31. The van der Waals surface area contributed by atoms with E-state index in [1.165, 1.54) is 30.3 Å². The van der Waals surface area contributed by atoms with Gasteiger partial charge < -0.3 is 5.32 Å². The van der Waals surface area contributed by atoms with Crippen molar-refractivity contribution in [2.45, 2.75) is 6.54 Å². The summed E-state index contributed by atoms with van der Waals surface area (Å²) >= 11 is 2.01. The van der Waals surface area contributed by atoms with Crippen LogP contribution < -0.4 is 5.32 Å². The molecule has 5 heteroatoms. The molecule has 0 aromatic heterocycles. The molecule has 1 N–H and O–H groups in total. The van der Waals surface area contributed by atoms with Crippen molar-refractivity contribution in [2.24, 2.45) is 0 Å². The Kier molecular flexibility index (Phi) is 4.32. The molecule has 0 saturated carbocycles. The van der Waals surface area contributed by atoms with Crippen molar-refractivity contribution in [3.8, 4) is 6.07 Å². The van der Waals surface area contributed by atoms with E-state index in [4.69, 9.17) is 5.26 Å². The minimum absolute atomic E-state index is 0.307. The molecule has 0 bridgehead atoms. The summed E-state index contributed by atoms with van der Waals surface area (Å²) in [6.07, 6.45) is 0. The predicted octanol–water partition coefficient (Wildman–Crippen LogP) is 4.05. The molecule has 0 saturated heterocycles. The van der Waals surface area contributed by atoms with Crippen LogP contribution >= 0.6 is 22.6 Å². The maximum absolute atomic E-state index is 13.2. The molecule has 0 fully saturated rings. The molecule has 0 spiro atoms. The van der Waals surface area contributed by atoms with Gasteiger partial charge in [-0.25, -0.2) is 8.78 Å². The highest BCUT2D eigenvalue weighted by atomic mass is 127. The van der Waals surface area contributed by atoms with Gasteiger partial charge in [0.2, 0.25) is 0 Å². The van der Waals surface area contributed by atoms with Gasteiger partial charge in [0, 0.05) is 15.8 Å². The van der Waals surface area contributed by atoms with Crippen LogP contribution in [0.15, 0.2) is 36.4 Å². The van der Waals surface area contributed by atoms with E-state index >= 15 is 0 Å². The SMILES string of the molecule is N#Cc1ccc(F)cc1CNc1ccc(F)cc1I. The van der Waals surface area contributed by atoms with Gasteiger partial charge in [-0.3, -0.25) is 0 Å². The Morgan fingerprint density at radius 1 is 1.11 bits per heavy atom. The molecule has 0 atom stereocenters. The van der Waals surface area contributed by atoms with E-state index in [0.29, 0.717) is 17.7 Å². The lowest BCUT2D eigenvalue weighted by Gasteiger charge is -2.10. The first-order valence-electron chi connectivity index (χ1n) is 5.47. The number of hydrogen-bond acceptors (Lipinski definition) is 2. The average molecular weight is 370 g/mol. The van der Waals surface area contributed by atoms with Crippen molar-refractivity contribution in [1.82, 2.24) is 0 Å². The van der Waals surface area contributed by atoms with Crippen molar-refractivity contribution in [3.05, 3.63) is 62.7 Å². The third-order valence-corrected chi connectivity index (χ3v) is 3.48. The minimum atomic E-state index is -0.385. The van der Waals surface area contributed by atoms with Crippen molar-refractivity contribution in [2.75, 3.05) is 5.32 Å². The second-order valence-electron chi connectivity index (χ2n) is 3.89. The van der Waals surface area contributed by atoms with E-state index in [0.717, 1.165) is 9.26 Å². The summed E-state index contributed by atoms with van der Waals surface area (Å²) in [6, 6.07) is 10.4. The van der Waals surface area contributed by atoms with Crippen LogP contribution in [0.25, 0.3) is 0 Å². The standard InChI is InChI=1S/C14H9F2IN2/c15-11-2-1-9(7-18)10(5-11)8-19-14-4-3-12(16)6-13(14)17/h1-6,19H,8H2. The first kappa shape index (κ1) is 13.7. The largest absolute Gasteiger partial charge is 0.380 e. The number of nitrogens with one attached hydrogen (secondary N) is 1. The molecule has 0 aliphatic heterocycles. The smallest absolute Gasteiger partial charge is 0.124 e. The van der Waals surface area contributed by atoms with Crippen molar-refractivity contribution >= 4 is 28.3 Å². The third-order valence-electron chi connectivity index (χ3n) is 2.59. The molecule has 96 valence electrons. The molecule has 0 amide bonds. The quantitative estimate of drug-likeness (QED) is 0.828. The second-order valence-corrected chi connectivity index (χ2v) is 5.05. The fraction of sp³-hybridized carbons (Fsp3) is 0.0714. The molecule has 2 aromatic rings. The highest BCUT2D eigenvalue weighted by molar-refractivity contribution is 14.1. The Balaban J connectivity index is 2.19. The van der Waals surface area contributed by atoms with Crippen molar-refractivity contribution in [1.29, 1.82) is 5.26 Å². The van der Waals surface area contributed by atoms with Gasteiger partial charge in [-0.2, -0.15) is 5.26 Å². The number of rotatable bonds is 3. The number of anilines is 1. The molecule has 0 heterocycles. The van der Waals surface area contributed by atoms with Crippen LogP contribution in [0.2, 0.25) is 0 Å². The number of nitriles is 1. The Hall–Kier alpha value is -1.68. The zero-order valence-electron chi connectivity index (χ0n) is 9.75. The maximum atomic E-state index is 13.2. The van der Waals surface area contributed by atoms with Crippen LogP contribution in [0.1, 0.15) is 11.1 Å². The summed E-state index contributed by atoms with van der Waals surface area (Å²) in [5, 5.41) is 12.0. The predicted molar refractivity (Wildman–Crippen MR) is 77.6 cm³/mol. The van der Waals surface area contributed by atoms with Gasteiger partial charge in [-0.15, -0.1) is 0 Å². The second kappa shape index (κ2) is 5.97. The zero-order chi connectivity index (χ0) is 13.8. The Labute approximate surface area is 123 Å². The van der Waals surface area contributed by atoms with E-state index in [-0.39, 0.29) is 11.6 Å². The van der Waals surface area contributed by atoms with E-state index in [1.807, 2.05) is 28.7 Å². The van der Waals surface area contributed by atoms with Gasteiger partial charge in [-0.05, 0) is 64.6 Å². The first-order chi connectivity index (χ1) is 9.10. The molecular formula is C14H9F2IN2. The lowest BCUT2D eigenvalue weighted by molar-refractivity contribution is 0.625. The number of hydrogen-bond donors (Lipinski definition) is 1. The summed E-state index contributed by atoms with van der Waals surface area (Å²) in [5.74, 6) is -0.692. The van der Waals surface area contributed by atoms with Crippen LogP contribution in [0, 0.1) is 26.5 Å². The van der Waals surface area contributed by atoms with E-state index in [1.54, 1.807) is 6.07 Å².